The van der Waals surface area contributed by atoms with Crippen molar-refractivity contribution in [2.75, 3.05) is 18.0 Å². The molecule has 9 nitrogen and oxygen atoms in total. The van der Waals surface area contributed by atoms with E-state index < -0.39 is 12.1 Å². The van der Waals surface area contributed by atoms with Gasteiger partial charge in [-0.25, -0.2) is 19.6 Å². The number of hydrogen-bond acceptors (Lipinski definition) is 5. The molecule has 2 aromatic heterocycles. The Labute approximate surface area is 269 Å². The van der Waals surface area contributed by atoms with Crippen LogP contribution in [-0.2, 0) is 24.3 Å². The smallest absolute Gasteiger partial charge is 0.349 e. The molecule has 2 amide bonds. The number of aryl methyl sites for hydroxylation is 2. The second kappa shape index (κ2) is 13.9. The maximum absolute atomic E-state index is 13.6. The number of pyridine rings is 1. The van der Waals surface area contributed by atoms with Crippen molar-refractivity contribution in [1.82, 2.24) is 19.4 Å². The number of urea groups is 1. The molecule has 0 radical (unpaired) electrons. The van der Waals surface area contributed by atoms with Gasteiger partial charge in [-0.3, -0.25) is 4.90 Å². The Morgan fingerprint density at radius 2 is 1.61 bits per heavy atom. The lowest BCUT2D eigenvalue weighted by Crippen LogP contribution is -2.49. The Balaban J connectivity index is 1.25. The van der Waals surface area contributed by atoms with Crippen LogP contribution in [0.5, 0.6) is 5.75 Å². The number of amides is 2. The number of hydrogen-bond donors (Lipinski definition) is 1. The number of rotatable bonds is 12. The van der Waals surface area contributed by atoms with Gasteiger partial charge in [0.2, 0.25) is 6.10 Å². The van der Waals surface area contributed by atoms with Crippen LogP contribution < -0.4 is 9.64 Å². The minimum Gasteiger partial charge on any atom is -0.478 e. The van der Waals surface area contributed by atoms with Gasteiger partial charge in [-0.2, -0.15) is 0 Å². The molecule has 1 aliphatic heterocycles. The molecule has 6 rings (SSSR count). The monoisotopic (exact) mass is 617 g/mol. The maximum Gasteiger partial charge on any atom is 0.349 e. The van der Waals surface area contributed by atoms with Gasteiger partial charge in [-0.05, 0) is 49.1 Å². The second-order valence-corrected chi connectivity index (χ2v) is 11.7. The van der Waals surface area contributed by atoms with Gasteiger partial charge in [0.1, 0.15) is 17.1 Å². The summed E-state index contributed by atoms with van der Waals surface area (Å²) in [5.41, 5.74) is 5.85. The molecule has 0 saturated carbocycles. The summed E-state index contributed by atoms with van der Waals surface area (Å²) < 4.78 is 8.02. The zero-order chi connectivity index (χ0) is 32.0. The third-order valence-corrected chi connectivity index (χ3v) is 8.38. The van der Waals surface area contributed by atoms with Crippen molar-refractivity contribution in [2.24, 2.45) is 0 Å². The van der Waals surface area contributed by atoms with Gasteiger partial charge < -0.3 is 19.3 Å². The minimum atomic E-state index is -1.09. The van der Waals surface area contributed by atoms with Crippen LogP contribution in [-0.4, -0.2) is 49.6 Å². The summed E-state index contributed by atoms with van der Waals surface area (Å²) in [5, 5.41) is 9.76. The van der Waals surface area contributed by atoms with E-state index in [4.69, 9.17) is 14.7 Å². The third kappa shape index (κ3) is 6.73. The number of carboxylic acids is 1. The van der Waals surface area contributed by atoms with Crippen LogP contribution in [0.15, 0.2) is 91.0 Å². The number of imidazole rings is 1. The van der Waals surface area contributed by atoms with Gasteiger partial charge in [0.05, 0.1) is 17.9 Å². The van der Waals surface area contributed by atoms with E-state index in [0.29, 0.717) is 30.9 Å². The number of carbonyl (C=O) groups excluding carboxylic acids is 1. The van der Waals surface area contributed by atoms with E-state index in [2.05, 4.69) is 11.5 Å². The van der Waals surface area contributed by atoms with E-state index in [9.17, 15) is 14.7 Å². The van der Waals surface area contributed by atoms with Gasteiger partial charge >= 0.3 is 12.0 Å². The molecule has 0 bridgehead atoms. The number of fused-ring (bicyclic) bond motifs is 1. The number of unbranched alkanes of at least 4 members (excludes halogenated alkanes) is 1. The number of nitrogens with zero attached hydrogens (tertiary/aromatic N) is 5. The van der Waals surface area contributed by atoms with Gasteiger partial charge in [0, 0.05) is 31.6 Å². The zero-order valence-electron chi connectivity index (χ0n) is 26.3. The summed E-state index contributed by atoms with van der Waals surface area (Å²) >= 11 is 0. The molecule has 1 N–H and O–H groups in total. The molecular formula is C37H39N5O4. The first-order valence-corrected chi connectivity index (χ1v) is 15.9. The van der Waals surface area contributed by atoms with Gasteiger partial charge in [-0.15, -0.1) is 0 Å². The van der Waals surface area contributed by atoms with E-state index >= 15 is 0 Å². The Morgan fingerprint density at radius 1 is 0.913 bits per heavy atom. The second-order valence-electron chi connectivity index (χ2n) is 11.7. The molecule has 236 valence electrons. The lowest BCUT2D eigenvalue weighted by Gasteiger charge is -2.36. The largest absolute Gasteiger partial charge is 0.478 e. The molecule has 1 fully saturated rings. The number of ether oxygens (including phenoxy) is 1. The molecule has 9 heteroatoms. The normalized spacial score (nSPS) is 14.1. The molecule has 0 aliphatic carbocycles. The highest BCUT2D eigenvalue weighted by molar-refractivity contribution is 5.95. The molecule has 1 atom stereocenters. The molecule has 0 spiro atoms. The lowest BCUT2D eigenvalue weighted by atomic mass is 10.1. The average molecular weight is 618 g/mol. The van der Waals surface area contributed by atoms with E-state index in [1.54, 1.807) is 36.4 Å². The Hall–Kier alpha value is -5.18. The van der Waals surface area contributed by atoms with Gasteiger partial charge in [0.25, 0.3) is 0 Å². The Morgan fingerprint density at radius 3 is 2.30 bits per heavy atom. The maximum atomic E-state index is 13.6. The molecule has 3 aromatic carbocycles. The molecule has 1 unspecified atom stereocenters. The predicted molar refractivity (Wildman–Crippen MR) is 178 cm³/mol. The van der Waals surface area contributed by atoms with Gasteiger partial charge in [-0.1, -0.05) is 86.1 Å². The van der Waals surface area contributed by atoms with Crippen LogP contribution >= 0.6 is 0 Å². The van der Waals surface area contributed by atoms with Crippen molar-refractivity contribution in [3.8, 4) is 5.75 Å². The summed E-state index contributed by atoms with van der Waals surface area (Å²) in [4.78, 5) is 39.4. The lowest BCUT2D eigenvalue weighted by molar-refractivity contribution is -0.145. The number of carbonyl (C=O) groups is 2. The van der Waals surface area contributed by atoms with Crippen LogP contribution in [0.2, 0.25) is 0 Å². The Bertz CT molecular complexity index is 1810. The third-order valence-electron chi connectivity index (χ3n) is 8.38. The van der Waals surface area contributed by atoms with Crippen LogP contribution in [0.25, 0.3) is 11.2 Å². The molecule has 1 saturated heterocycles. The first kappa shape index (κ1) is 30.8. The van der Waals surface area contributed by atoms with Crippen molar-refractivity contribution < 1.29 is 19.4 Å². The van der Waals surface area contributed by atoms with E-state index in [0.717, 1.165) is 71.7 Å². The summed E-state index contributed by atoms with van der Waals surface area (Å²) in [6.07, 6.45) is 2.64. The van der Waals surface area contributed by atoms with Gasteiger partial charge in [0.15, 0.2) is 5.65 Å². The van der Waals surface area contributed by atoms with Crippen LogP contribution in [0, 0.1) is 6.92 Å². The summed E-state index contributed by atoms with van der Waals surface area (Å²) in [5.74, 6) is 0.386. The zero-order valence-corrected chi connectivity index (χ0v) is 26.3. The summed E-state index contributed by atoms with van der Waals surface area (Å²) in [7, 11) is 0. The molecular weight excluding hydrogens is 578 g/mol. The summed E-state index contributed by atoms with van der Waals surface area (Å²) in [6, 6.07) is 28.5. The number of benzene rings is 3. The SMILES string of the molecule is CCCCc1nc2cc(N3CCCN(Cc4ccccc4)C3=O)c(C)nc2n1Cc1ccc(OC(C(=O)O)c2ccccc2)cc1. The van der Waals surface area contributed by atoms with Crippen molar-refractivity contribution in [3.63, 3.8) is 0 Å². The first-order chi connectivity index (χ1) is 22.4. The molecule has 3 heterocycles. The van der Waals surface area contributed by atoms with E-state index in [1.807, 2.05) is 71.3 Å². The quantitative estimate of drug-likeness (QED) is 0.159. The van der Waals surface area contributed by atoms with Crippen molar-refractivity contribution in [1.29, 1.82) is 0 Å². The number of carboxylic acid groups (broad SMARTS) is 1. The fourth-order valence-corrected chi connectivity index (χ4v) is 5.98. The van der Waals surface area contributed by atoms with Crippen molar-refractivity contribution in [2.45, 2.75) is 58.7 Å². The van der Waals surface area contributed by atoms with Crippen LogP contribution in [0.4, 0.5) is 10.5 Å². The molecule has 5 aromatic rings. The fourth-order valence-electron chi connectivity index (χ4n) is 5.98. The minimum absolute atomic E-state index is 0.00953. The molecule has 1 aliphatic rings. The summed E-state index contributed by atoms with van der Waals surface area (Å²) in [6.45, 7) is 6.61. The van der Waals surface area contributed by atoms with Crippen molar-refractivity contribution >= 4 is 28.9 Å². The number of aliphatic carboxylic acids is 1. The molecule has 46 heavy (non-hydrogen) atoms. The predicted octanol–water partition coefficient (Wildman–Crippen LogP) is 7.17. The highest BCUT2D eigenvalue weighted by Crippen LogP contribution is 2.29. The highest BCUT2D eigenvalue weighted by atomic mass is 16.5. The van der Waals surface area contributed by atoms with Crippen LogP contribution in [0.3, 0.4) is 0 Å². The van der Waals surface area contributed by atoms with Crippen LogP contribution in [0.1, 0.15) is 60.5 Å². The fraction of sp³-hybridized carbons (Fsp3) is 0.297. The number of aromatic nitrogens is 3. The Kier molecular flexibility index (Phi) is 9.28. The standard InChI is InChI=1S/C37H39N5O4/c1-3-4-16-33-39-31-23-32(41-22-11-21-40(37(41)45)24-27-12-7-5-8-13-27)26(2)38-35(31)42(33)25-28-17-19-30(20-18-28)46-34(36(43)44)29-14-9-6-10-15-29/h5-10,12-15,17-20,23,34H,3-4,11,16,21-22,24-25H2,1-2H3,(H,43,44). The number of anilines is 1. The average Bonchev–Trinajstić information content (AvgIpc) is 3.40. The highest BCUT2D eigenvalue weighted by Gasteiger charge is 2.29. The van der Waals surface area contributed by atoms with E-state index in [1.165, 1.54) is 0 Å². The van der Waals surface area contributed by atoms with Crippen molar-refractivity contribution in [3.05, 3.63) is 119 Å². The first-order valence-electron chi connectivity index (χ1n) is 15.9. The van der Waals surface area contributed by atoms with E-state index in [-0.39, 0.29) is 6.03 Å². The topological polar surface area (TPSA) is 101 Å².